The number of hydrogen-bond acceptors (Lipinski definition) is 4. The largest absolute Gasteiger partial charge is 0.477 e. The molecule has 1 aliphatic rings. The van der Waals surface area contributed by atoms with Gasteiger partial charge in [-0.25, -0.2) is 9.78 Å². The molecule has 0 aromatic carbocycles. The molecular weight excluding hydrogens is 220 g/mol. The SMILES string of the molecule is COC1CCC(Nc2cccc(C(=O)O)n2)C1. The first-order valence-corrected chi connectivity index (χ1v) is 5.68. The Hall–Kier alpha value is -1.62. The number of carboxylic acids is 1. The maximum atomic E-state index is 10.8. The van der Waals surface area contributed by atoms with Gasteiger partial charge in [0.25, 0.3) is 0 Å². The van der Waals surface area contributed by atoms with Crippen molar-refractivity contribution in [3.8, 4) is 0 Å². The first-order chi connectivity index (χ1) is 8.19. The van der Waals surface area contributed by atoms with Gasteiger partial charge in [0.05, 0.1) is 6.10 Å². The molecule has 2 rings (SSSR count). The lowest BCUT2D eigenvalue weighted by molar-refractivity contribution is 0.0690. The number of anilines is 1. The van der Waals surface area contributed by atoms with Crippen LogP contribution in [-0.4, -0.2) is 35.3 Å². The van der Waals surface area contributed by atoms with E-state index >= 15 is 0 Å². The second-order valence-electron chi connectivity index (χ2n) is 4.23. The number of hydrogen-bond donors (Lipinski definition) is 2. The summed E-state index contributed by atoms with van der Waals surface area (Å²) in [4.78, 5) is 14.8. The lowest BCUT2D eigenvalue weighted by atomic mass is 10.2. The molecule has 0 saturated heterocycles. The summed E-state index contributed by atoms with van der Waals surface area (Å²) in [6, 6.07) is 5.28. The van der Waals surface area contributed by atoms with Crippen LogP contribution >= 0.6 is 0 Å². The molecule has 2 unspecified atom stereocenters. The Kier molecular flexibility index (Phi) is 3.58. The lowest BCUT2D eigenvalue weighted by Gasteiger charge is -2.13. The fourth-order valence-electron chi connectivity index (χ4n) is 2.13. The summed E-state index contributed by atoms with van der Waals surface area (Å²) in [5.74, 6) is -0.388. The summed E-state index contributed by atoms with van der Waals surface area (Å²) in [7, 11) is 1.72. The zero-order chi connectivity index (χ0) is 12.3. The Balaban J connectivity index is 1.99. The maximum Gasteiger partial charge on any atom is 0.354 e. The fourth-order valence-corrected chi connectivity index (χ4v) is 2.13. The number of pyridine rings is 1. The first kappa shape index (κ1) is 11.9. The number of carboxylic acid groups (broad SMARTS) is 1. The molecule has 0 amide bonds. The van der Waals surface area contributed by atoms with E-state index in [1.54, 1.807) is 19.2 Å². The molecule has 2 atom stereocenters. The van der Waals surface area contributed by atoms with Crippen LogP contribution in [0.5, 0.6) is 0 Å². The van der Waals surface area contributed by atoms with Crippen LogP contribution in [0.25, 0.3) is 0 Å². The van der Waals surface area contributed by atoms with Crippen LogP contribution in [0.2, 0.25) is 0 Å². The van der Waals surface area contributed by atoms with E-state index < -0.39 is 5.97 Å². The monoisotopic (exact) mass is 236 g/mol. The van der Waals surface area contributed by atoms with Crippen molar-refractivity contribution in [3.05, 3.63) is 23.9 Å². The summed E-state index contributed by atoms with van der Waals surface area (Å²) < 4.78 is 5.29. The van der Waals surface area contributed by atoms with E-state index in [1.165, 1.54) is 6.07 Å². The molecule has 0 radical (unpaired) electrons. The number of aromatic carboxylic acids is 1. The van der Waals surface area contributed by atoms with Gasteiger partial charge in [-0.3, -0.25) is 0 Å². The van der Waals surface area contributed by atoms with Gasteiger partial charge in [-0.2, -0.15) is 0 Å². The van der Waals surface area contributed by atoms with Gasteiger partial charge in [-0.1, -0.05) is 6.07 Å². The van der Waals surface area contributed by atoms with Gasteiger partial charge < -0.3 is 15.2 Å². The predicted octanol–water partition coefficient (Wildman–Crippen LogP) is 1.76. The smallest absolute Gasteiger partial charge is 0.354 e. The summed E-state index contributed by atoms with van der Waals surface area (Å²) in [5.41, 5.74) is 0.0660. The second-order valence-corrected chi connectivity index (χ2v) is 4.23. The molecule has 1 saturated carbocycles. The van der Waals surface area contributed by atoms with Crippen LogP contribution in [0.1, 0.15) is 29.8 Å². The van der Waals surface area contributed by atoms with Crippen molar-refractivity contribution in [2.24, 2.45) is 0 Å². The normalized spacial score (nSPS) is 23.6. The van der Waals surface area contributed by atoms with Crippen LogP contribution < -0.4 is 5.32 Å². The Labute approximate surface area is 99.8 Å². The molecule has 5 nitrogen and oxygen atoms in total. The number of rotatable bonds is 4. The highest BCUT2D eigenvalue weighted by Crippen LogP contribution is 2.24. The van der Waals surface area contributed by atoms with E-state index in [0.717, 1.165) is 19.3 Å². The minimum absolute atomic E-state index is 0.0660. The summed E-state index contributed by atoms with van der Waals surface area (Å²) in [6.45, 7) is 0. The standard InChI is InChI=1S/C12H16N2O3/c1-17-9-6-5-8(7-9)13-11-4-2-3-10(14-11)12(15)16/h2-4,8-9H,5-7H2,1H3,(H,13,14)(H,15,16). The molecule has 1 fully saturated rings. The Morgan fingerprint density at radius 3 is 3.00 bits per heavy atom. The first-order valence-electron chi connectivity index (χ1n) is 5.68. The number of methoxy groups -OCH3 is 1. The fraction of sp³-hybridized carbons (Fsp3) is 0.500. The van der Waals surface area contributed by atoms with Gasteiger partial charge in [0.1, 0.15) is 5.82 Å². The van der Waals surface area contributed by atoms with Crippen molar-refractivity contribution in [3.63, 3.8) is 0 Å². The average molecular weight is 236 g/mol. The average Bonchev–Trinajstić information content (AvgIpc) is 2.77. The van der Waals surface area contributed by atoms with Gasteiger partial charge in [0.2, 0.25) is 0 Å². The van der Waals surface area contributed by atoms with E-state index in [2.05, 4.69) is 10.3 Å². The molecule has 0 bridgehead atoms. The summed E-state index contributed by atoms with van der Waals surface area (Å²) >= 11 is 0. The molecular formula is C12H16N2O3. The molecule has 0 aliphatic heterocycles. The number of ether oxygens (including phenoxy) is 1. The van der Waals surface area contributed by atoms with Crippen LogP contribution in [0, 0.1) is 0 Å². The number of aromatic nitrogens is 1. The van der Waals surface area contributed by atoms with Gasteiger partial charge in [0.15, 0.2) is 5.69 Å². The van der Waals surface area contributed by atoms with Gasteiger partial charge in [-0.05, 0) is 31.4 Å². The molecule has 0 spiro atoms. The van der Waals surface area contributed by atoms with Crippen molar-refractivity contribution >= 4 is 11.8 Å². The van der Waals surface area contributed by atoms with Gasteiger partial charge in [0, 0.05) is 13.2 Å². The van der Waals surface area contributed by atoms with Crippen LogP contribution in [0.3, 0.4) is 0 Å². The van der Waals surface area contributed by atoms with E-state index in [0.29, 0.717) is 18.0 Å². The topological polar surface area (TPSA) is 71.5 Å². The Bertz CT molecular complexity index is 408. The Morgan fingerprint density at radius 2 is 2.35 bits per heavy atom. The van der Waals surface area contributed by atoms with Crippen molar-refractivity contribution < 1.29 is 14.6 Å². The van der Waals surface area contributed by atoms with Gasteiger partial charge >= 0.3 is 5.97 Å². The second kappa shape index (κ2) is 5.14. The number of carbonyl (C=O) groups is 1. The van der Waals surface area contributed by atoms with Crippen molar-refractivity contribution in [1.82, 2.24) is 4.98 Å². The molecule has 1 aromatic rings. The third-order valence-electron chi connectivity index (χ3n) is 3.04. The lowest BCUT2D eigenvalue weighted by Crippen LogP contribution is -2.18. The van der Waals surface area contributed by atoms with E-state index in [9.17, 15) is 4.79 Å². The molecule has 1 aromatic heterocycles. The van der Waals surface area contributed by atoms with E-state index in [4.69, 9.17) is 9.84 Å². The molecule has 92 valence electrons. The molecule has 5 heteroatoms. The van der Waals surface area contributed by atoms with Crippen molar-refractivity contribution in [2.45, 2.75) is 31.4 Å². The quantitative estimate of drug-likeness (QED) is 0.833. The highest BCUT2D eigenvalue weighted by atomic mass is 16.5. The Morgan fingerprint density at radius 1 is 1.53 bits per heavy atom. The van der Waals surface area contributed by atoms with Crippen LogP contribution in [-0.2, 0) is 4.74 Å². The van der Waals surface area contributed by atoms with Gasteiger partial charge in [-0.15, -0.1) is 0 Å². The summed E-state index contributed by atoms with van der Waals surface area (Å²) in [5, 5.41) is 12.1. The zero-order valence-electron chi connectivity index (χ0n) is 9.72. The van der Waals surface area contributed by atoms with E-state index in [1.807, 2.05) is 0 Å². The van der Waals surface area contributed by atoms with Crippen molar-refractivity contribution in [1.29, 1.82) is 0 Å². The highest BCUT2D eigenvalue weighted by Gasteiger charge is 2.24. The molecule has 2 N–H and O–H groups in total. The summed E-state index contributed by atoms with van der Waals surface area (Å²) in [6.07, 6.45) is 3.30. The van der Waals surface area contributed by atoms with Crippen LogP contribution in [0.15, 0.2) is 18.2 Å². The van der Waals surface area contributed by atoms with Crippen LogP contribution in [0.4, 0.5) is 5.82 Å². The third-order valence-corrected chi connectivity index (χ3v) is 3.04. The molecule has 17 heavy (non-hydrogen) atoms. The van der Waals surface area contributed by atoms with Crippen molar-refractivity contribution in [2.75, 3.05) is 12.4 Å². The molecule has 1 aliphatic carbocycles. The maximum absolute atomic E-state index is 10.8. The molecule has 1 heterocycles. The zero-order valence-corrected chi connectivity index (χ0v) is 9.72. The highest BCUT2D eigenvalue weighted by molar-refractivity contribution is 5.85. The minimum Gasteiger partial charge on any atom is -0.477 e. The van der Waals surface area contributed by atoms with E-state index in [-0.39, 0.29) is 5.69 Å². The number of nitrogens with zero attached hydrogens (tertiary/aromatic N) is 1. The third kappa shape index (κ3) is 2.94. The predicted molar refractivity (Wildman–Crippen MR) is 63.3 cm³/mol. The minimum atomic E-state index is -1.00. The number of nitrogens with one attached hydrogen (secondary N) is 1.